The van der Waals surface area contributed by atoms with Crippen molar-refractivity contribution in [3.8, 4) is 0 Å². The largest absolute Gasteiger partial charge is 0.467 e. The fraction of sp³-hybridized carbons (Fsp3) is 0.188. The third-order valence-electron chi connectivity index (χ3n) is 3.29. The van der Waals surface area contributed by atoms with Gasteiger partial charge in [0.1, 0.15) is 5.76 Å². The zero-order valence-corrected chi connectivity index (χ0v) is 13.6. The van der Waals surface area contributed by atoms with E-state index in [2.05, 4.69) is 10.3 Å². The second-order valence-corrected chi connectivity index (χ2v) is 6.98. The van der Waals surface area contributed by atoms with Crippen LogP contribution < -0.4 is 5.32 Å². The summed E-state index contributed by atoms with van der Waals surface area (Å²) >= 11 is 0. The molecule has 120 valence electrons. The van der Waals surface area contributed by atoms with Gasteiger partial charge in [0.15, 0.2) is 5.89 Å². The Morgan fingerprint density at radius 2 is 1.87 bits per heavy atom. The Balaban J connectivity index is 1.94. The molecular weight excluding hydrogens is 316 g/mol. The molecule has 23 heavy (non-hydrogen) atoms. The minimum atomic E-state index is -3.75. The van der Waals surface area contributed by atoms with E-state index < -0.39 is 9.84 Å². The van der Waals surface area contributed by atoms with E-state index in [-0.39, 0.29) is 21.7 Å². The van der Waals surface area contributed by atoms with Gasteiger partial charge in [0.25, 0.3) is 0 Å². The van der Waals surface area contributed by atoms with Gasteiger partial charge in [-0.25, -0.2) is 8.42 Å². The van der Waals surface area contributed by atoms with Crippen LogP contribution in [0.3, 0.4) is 0 Å². The molecule has 2 heterocycles. The lowest BCUT2D eigenvalue weighted by Crippen LogP contribution is -2.07. The van der Waals surface area contributed by atoms with Crippen molar-refractivity contribution in [2.45, 2.75) is 30.3 Å². The van der Waals surface area contributed by atoms with Gasteiger partial charge >= 0.3 is 0 Å². The Kier molecular flexibility index (Phi) is 3.96. The van der Waals surface area contributed by atoms with Crippen LogP contribution >= 0.6 is 0 Å². The van der Waals surface area contributed by atoms with Crippen molar-refractivity contribution in [3.63, 3.8) is 0 Å². The first-order chi connectivity index (χ1) is 11.0. The molecule has 0 amide bonds. The fourth-order valence-corrected chi connectivity index (χ4v) is 3.44. The van der Waals surface area contributed by atoms with Gasteiger partial charge in [0, 0.05) is 6.92 Å². The summed E-state index contributed by atoms with van der Waals surface area (Å²) in [5.74, 6) is 1.05. The summed E-state index contributed by atoms with van der Waals surface area (Å²) in [4.78, 5) is 4.21. The molecule has 1 aromatic carbocycles. The van der Waals surface area contributed by atoms with Gasteiger partial charge in [-0.1, -0.05) is 17.7 Å². The average molecular weight is 332 g/mol. The molecule has 6 nitrogen and oxygen atoms in total. The summed E-state index contributed by atoms with van der Waals surface area (Å²) < 4.78 is 36.1. The smallest absolute Gasteiger partial charge is 0.233 e. The van der Waals surface area contributed by atoms with E-state index in [1.165, 1.54) is 0 Å². The van der Waals surface area contributed by atoms with Gasteiger partial charge < -0.3 is 14.2 Å². The Bertz CT molecular complexity index is 894. The van der Waals surface area contributed by atoms with Crippen LogP contribution in [-0.4, -0.2) is 13.4 Å². The van der Waals surface area contributed by atoms with E-state index in [9.17, 15) is 8.42 Å². The number of anilines is 1. The molecule has 0 aliphatic heterocycles. The molecule has 0 saturated carbocycles. The molecular formula is C16H16N2O4S. The number of aryl methyl sites for hydroxylation is 2. The number of aromatic nitrogens is 1. The van der Waals surface area contributed by atoms with Crippen LogP contribution in [0.4, 0.5) is 5.88 Å². The van der Waals surface area contributed by atoms with E-state index in [0.717, 1.165) is 5.56 Å². The predicted octanol–water partition coefficient (Wildman–Crippen LogP) is 3.33. The summed E-state index contributed by atoms with van der Waals surface area (Å²) in [6, 6.07) is 10.2. The summed E-state index contributed by atoms with van der Waals surface area (Å²) in [5.41, 5.74) is 0.983. The van der Waals surface area contributed by atoms with Crippen molar-refractivity contribution >= 4 is 15.7 Å². The highest BCUT2D eigenvalue weighted by atomic mass is 32.2. The maximum Gasteiger partial charge on any atom is 0.233 e. The zero-order chi connectivity index (χ0) is 16.4. The number of rotatable bonds is 5. The van der Waals surface area contributed by atoms with Gasteiger partial charge in [-0.15, -0.1) is 0 Å². The van der Waals surface area contributed by atoms with Crippen molar-refractivity contribution in [2.24, 2.45) is 0 Å². The maximum absolute atomic E-state index is 12.8. The molecule has 7 heteroatoms. The number of nitrogens with zero attached hydrogens (tertiary/aromatic N) is 1. The molecule has 0 aliphatic carbocycles. The number of hydrogen-bond donors (Lipinski definition) is 1. The lowest BCUT2D eigenvalue weighted by molar-refractivity contribution is 0.503. The van der Waals surface area contributed by atoms with Crippen molar-refractivity contribution in [3.05, 3.63) is 59.9 Å². The molecule has 0 saturated heterocycles. The van der Waals surface area contributed by atoms with Crippen molar-refractivity contribution in [2.75, 3.05) is 5.32 Å². The van der Waals surface area contributed by atoms with Crippen molar-refractivity contribution < 1.29 is 17.3 Å². The van der Waals surface area contributed by atoms with Gasteiger partial charge in [0.05, 0.1) is 17.7 Å². The summed E-state index contributed by atoms with van der Waals surface area (Å²) in [5, 5.41) is 2.80. The second-order valence-electron chi connectivity index (χ2n) is 5.12. The molecule has 3 aromatic rings. The molecule has 2 aromatic heterocycles. The Hall–Kier alpha value is -2.54. The van der Waals surface area contributed by atoms with Crippen LogP contribution in [0, 0.1) is 13.8 Å². The second kappa shape index (κ2) is 5.92. The topological polar surface area (TPSA) is 85.3 Å². The average Bonchev–Trinajstić information content (AvgIpc) is 3.15. The molecule has 0 unspecified atom stereocenters. The van der Waals surface area contributed by atoms with Crippen LogP contribution in [0.25, 0.3) is 0 Å². The van der Waals surface area contributed by atoms with Gasteiger partial charge in [-0.3, -0.25) is 0 Å². The van der Waals surface area contributed by atoms with E-state index >= 15 is 0 Å². The van der Waals surface area contributed by atoms with E-state index in [0.29, 0.717) is 12.3 Å². The van der Waals surface area contributed by atoms with Gasteiger partial charge in [0.2, 0.25) is 20.7 Å². The first-order valence-corrected chi connectivity index (χ1v) is 8.50. The molecule has 0 spiro atoms. The first kappa shape index (κ1) is 15.4. The van der Waals surface area contributed by atoms with E-state index in [1.807, 2.05) is 6.92 Å². The zero-order valence-electron chi connectivity index (χ0n) is 12.7. The molecule has 0 atom stereocenters. The Morgan fingerprint density at radius 3 is 2.52 bits per heavy atom. The lowest BCUT2D eigenvalue weighted by Gasteiger charge is -2.05. The number of nitrogens with one attached hydrogen (secondary N) is 1. The SMILES string of the molecule is Cc1ccc(S(=O)(=O)c2nc(C)oc2NCc2ccco2)cc1. The molecule has 0 fully saturated rings. The number of furan rings is 1. The van der Waals surface area contributed by atoms with E-state index in [1.54, 1.807) is 49.6 Å². The monoisotopic (exact) mass is 332 g/mol. The maximum atomic E-state index is 12.8. The van der Waals surface area contributed by atoms with Crippen molar-refractivity contribution in [1.82, 2.24) is 4.98 Å². The molecule has 3 rings (SSSR count). The lowest BCUT2D eigenvalue weighted by atomic mass is 10.2. The van der Waals surface area contributed by atoms with Crippen LogP contribution in [0.15, 0.2) is 61.4 Å². The van der Waals surface area contributed by atoms with Crippen LogP contribution in [0.2, 0.25) is 0 Å². The van der Waals surface area contributed by atoms with Crippen LogP contribution in [-0.2, 0) is 16.4 Å². The molecule has 0 aliphatic rings. The number of oxazole rings is 1. The first-order valence-electron chi connectivity index (χ1n) is 7.02. The van der Waals surface area contributed by atoms with Crippen LogP contribution in [0.1, 0.15) is 17.2 Å². The highest BCUT2D eigenvalue weighted by Gasteiger charge is 2.27. The normalized spacial score (nSPS) is 11.6. The molecule has 0 radical (unpaired) electrons. The van der Waals surface area contributed by atoms with E-state index in [4.69, 9.17) is 8.83 Å². The number of sulfone groups is 1. The number of benzene rings is 1. The highest BCUT2D eigenvalue weighted by Crippen LogP contribution is 2.28. The van der Waals surface area contributed by atoms with Crippen LogP contribution in [0.5, 0.6) is 0 Å². The third kappa shape index (κ3) is 3.14. The van der Waals surface area contributed by atoms with Crippen molar-refractivity contribution in [1.29, 1.82) is 0 Å². The Labute approximate surface area is 134 Å². The minimum absolute atomic E-state index is 0.111. The summed E-state index contributed by atoms with van der Waals surface area (Å²) in [6.45, 7) is 3.80. The van der Waals surface area contributed by atoms with Gasteiger partial charge in [-0.2, -0.15) is 4.98 Å². The third-order valence-corrected chi connectivity index (χ3v) is 4.97. The summed E-state index contributed by atoms with van der Waals surface area (Å²) in [7, 11) is -3.75. The highest BCUT2D eigenvalue weighted by molar-refractivity contribution is 7.91. The number of hydrogen-bond acceptors (Lipinski definition) is 6. The minimum Gasteiger partial charge on any atom is -0.467 e. The molecule has 1 N–H and O–H groups in total. The molecule has 0 bridgehead atoms. The summed E-state index contributed by atoms with van der Waals surface area (Å²) in [6.07, 6.45) is 1.55. The quantitative estimate of drug-likeness (QED) is 0.771. The predicted molar refractivity (Wildman–Crippen MR) is 83.9 cm³/mol. The fourth-order valence-electron chi connectivity index (χ4n) is 2.11. The van der Waals surface area contributed by atoms with Gasteiger partial charge in [-0.05, 0) is 31.2 Å². The Morgan fingerprint density at radius 1 is 1.13 bits per heavy atom. The standard InChI is InChI=1S/C16H16N2O4S/c1-11-5-7-14(8-6-11)23(19,20)16-15(22-12(2)18-16)17-10-13-4-3-9-21-13/h3-9,17H,10H2,1-2H3.